The molecule has 0 aromatic carbocycles. The molecule has 1 amide bonds. The topological polar surface area (TPSA) is 64.8 Å². The van der Waals surface area contributed by atoms with Gasteiger partial charge < -0.3 is 15.2 Å². The van der Waals surface area contributed by atoms with Crippen molar-refractivity contribution in [2.45, 2.75) is 65.8 Å². The van der Waals surface area contributed by atoms with E-state index < -0.39 is 17.4 Å². The van der Waals surface area contributed by atoms with Gasteiger partial charge in [0.15, 0.2) is 0 Å². The molecule has 0 radical (unpaired) electrons. The van der Waals surface area contributed by atoms with Crippen LogP contribution >= 0.6 is 0 Å². The van der Waals surface area contributed by atoms with Gasteiger partial charge in [-0.2, -0.15) is 0 Å². The van der Waals surface area contributed by atoms with Crippen LogP contribution < -0.4 is 5.73 Å². The molecule has 0 aromatic rings. The maximum absolute atomic E-state index is 12.8. The van der Waals surface area contributed by atoms with Gasteiger partial charge in [0.05, 0.1) is 18.2 Å². The van der Waals surface area contributed by atoms with E-state index in [1.54, 1.807) is 4.90 Å². The summed E-state index contributed by atoms with van der Waals surface area (Å²) in [6.07, 6.45) is 7.25. The van der Waals surface area contributed by atoms with Crippen LogP contribution in [-0.4, -0.2) is 41.5 Å². The molecule has 1 saturated heterocycles. The van der Waals surface area contributed by atoms with Crippen molar-refractivity contribution in [1.82, 2.24) is 4.90 Å². The molecule has 132 valence electrons. The zero-order valence-electron chi connectivity index (χ0n) is 15.6. The van der Waals surface area contributed by atoms with Crippen molar-refractivity contribution < 1.29 is 14.3 Å². The quantitative estimate of drug-likeness (QED) is 0.804. The van der Waals surface area contributed by atoms with Gasteiger partial charge in [-0.05, 0) is 33.1 Å². The number of carbonyl (C=O) groups excluding carboxylic acids is 1. The molecular formula is C18H32N2O3. The number of nitrogens with zero attached hydrogens (tertiary/aromatic N) is 1. The van der Waals surface area contributed by atoms with Crippen LogP contribution in [0.2, 0.25) is 0 Å². The van der Waals surface area contributed by atoms with Gasteiger partial charge >= 0.3 is 6.09 Å². The van der Waals surface area contributed by atoms with Gasteiger partial charge in [-0.1, -0.05) is 45.1 Å². The van der Waals surface area contributed by atoms with E-state index in [-0.39, 0.29) is 18.1 Å². The van der Waals surface area contributed by atoms with Crippen molar-refractivity contribution in [1.29, 1.82) is 0 Å². The third-order valence-corrected chi connectivity index (χ3v) is 4.35. The minimum atomic E-state index is -0.742. The summed E-state index contributed by atoms with van der Waals surface area (Å²) in [7, 11) is 0. The van der Waals surface area contributed by atoms with E-state index in [1.807, 2.05) is 52.0 Å². The molecule has 2 atom stereocenters. The number of allylic oxidation sites excluding steroid dienone is 2. The molecule has 1 fully saturated rings. The smallest absolute Gasteiger partial charge is 0.412 e. The second kappa shape index (κ2) is 7.05. The van der Waals surface area contributed by atoms with Crippen LogP contribution in [0.25, 0.3) is 0 Å². The molecule has 5 nitrogen and oxygen atoms in total. The second-order valence-corrected chi connectivity index (χ2v) is 7.51. The number of rotatable bonds is 4. The Labute approximate surface area is 140 Å². The summed E-state index contributed by atoms with van der Waals surface area (Å²) in [6.45, 7) is 14.5. The van der Waals surface area contributed by atoms with Gasteiger partial charge in [0.2, 0.25) is 0 Å². The molecular weight excluding hydrogens is 292 g/mol. The van der Waals surface area contributed by atoms with Gasteiger partial charge in [0, 0.05) is 0 Å². The van der Waals surface area contributed by atoms with Gasteiger partial charge in [-0.3, -0.25) is 4.90 Å². The van der Waals surface area contributed by atoms with E-state index in [1.165, 1.54) is 0 Å². The van der Waals surface area contributed by atoms with Crippen LogP contribution in [0.4, 0.5) is 4.79 Å². The first-order valence-electron chi connectivity index (χ1n) is 8.15. The fourth-order valence-corrected chi connectivity index (χ4v) is 3.01. The number of hydrogen-bond acceptors (Lipinski definition) is 4. The van der Waals surface area contributed by atoms with Crippen molar-refractivity contribution in [3.8, 4) is 0 Å². The molecule has 1 heterocycles. The number of carbonyl (C=O) groups is 1. The first-order valence-corrected chi connectivity index (χ1v) is 8.15. The Bertz CT molecular complexity index is 477. The van der Waals surface area contributed by atoms with E-state index >= 15 is 0 Å². The Hall–Kier alpha value is -1.33. The molecule has 0 aromatic heterocycles. The average Bonchev–Trinajstić information content (AvgIpc) is 2.69. The van der Waals surface area contributed by atoms with Crippen molar-refractivity contribution in [2.75, 3.05) is 13.2 Å². The van der Waals surface area contributed by atoms with Gasteiger partial charge in [-0.25, -0.2) is 4.79 Å². The molecule has 1 aliphatic heterocycles. The lowest BCUT2D eigenvalue weighted by atomic mass is 9.72. The lowest BCUT2D eigenvalue weighted by Gasteiger charge is -2.47. The molecule has 0 aliphatic carbocycles. The van der Waals surface area contributed by atoms with E-state index in [4.69, 9.17) is 15.2 Å². The fourth-order valence-electron chi connectivity index (χ4n) is 3.01. The molecule has 0 bridgehead atoms. The molecule has 0 spiro atoms. The minimum absolute atomic E-state index is 0.145. The van der Waals surface area contributed by atoms with Crippen LogP contribution in [0.1, 0.15) is 48.5 Å². The number of nitrogens with two attached hydrogens (primary N) is 1. The normalized spacial score (nSPS) is 26.2. The molecule has 0 unspecified atom stereocenters. The summed E-state index contributed by atoms with van der Waals surface area (Å²) in [5.74, 6) is 0. The van der Waals surface area contributed by atoms with Gasteiger partial charge in [0.25, 0.3) is 0 Å². The van der Waals surface area contributed by atoms with E-state index in [9.17, 15) is 4.79 Å². The molecule has 5 heteroatoms. The predicted molar refractivity (Wildman–Crippen MR) is 93.0 cm³/mol. The first kappa shape index (κ1) is 19.7. The maximum Gasteiger partial charge on any atom is 0.412 e. The Kier molecular flexibility index (Phi) is 6.05. The molecule has 1 rings (SSSR count). The van der Waals surface area contributed by atoms with Crippen LogP contribution in [-0.2, 0) is 9.47 Å². The van der Waals surface area contributed by atoms with Crippen molar-refractivity contribution >= 4 is 6.09 Å². The first-order chi connectivity index (χ1) is 10.5. The fraction of sp³-hybridized carbons (Fsp3) is 0.722. The lowest BCUT2D eigenvalue weighted by Crippen LogP contribution is -2.61. The lowest BCUT2D eigenvalue weighted by molar-refractivity contribution is -0.0583. The van der Waals surface area contributed by atoms with Gasteiger partial charge in [-0.15, -0.1) is 0 Å². The largest absolute Gasteiger partial charge is 0.447 e. The van der Waals surface area contributed by atoms with E-state index in [0.717, 1.165) is 0 Å². The summed E-state index contributed by atoms with van der Waals surface area (Å²) in [5, 5.41) is 0. The highest BCUT2D eigenvalue weighted by Crippen LogP contribution is 2.47. The third kappa shape index (κ3) is 3.96. The van der Waals surface area contributed by atoms with Gasteiger partial charge in [0.1, 0.15) is 12.3 Å². The van der Waals surface area contributed by atoms with Crippen LogP contribution in [0.3, 0.4) is 0 Å². The van der Waals surface area contributed by atoms with Crippen LogP contribution in [0.15, 0.2) is 24.3 Å². The van der Waals surface area contributed by atoms with E-state index in [2.05, 4.69) is 20.8 Å². The Morgan fingerprint density at radius 1 is 1.35 bits per heavy atom. The number of amides is 1. The molecule has 23 heavy (non-hydrogen) atoms. The zero-order valence-corrected chi connectivity index (χ0v) is 15.6. The SMILES string of the molecule is CC=C[C@]1(C(C)(C)C)COC(C)(C)N1C(=O)OC[C@@H](N)/C=C/C. The summed E-state index contributed by atoms with van der Waals surface area (Å²) in [6, 6.07) is -0.304. The standard InChI is InChI=1S/C18H32N2O3/c1-8-10-14(19)12-22-15(21)20-17(6,7)23-13-18(20,11-9-2)16(3,4)5/h8-11,14H,12-13,19H2,1-7H3/b10-8+,11-9?/t14-,18+/m0/s1. The molecule has 2 N–H and O–H groups in total. The summed E-state index contributed by atoms with van der Waals surface area (Å²) < 4.78 is 11.4. The van der Waals surface area contributed by atoms with Crippen LogP contribution in [0, 0.1) is 5.41 Å². The Balaban J connectivity index is 3.12. The third-order valence-electron chi connectivity index (χ3n) is 4.35. The van der Waals surface area contributed by atoms with Crippen molar-refractivity contribution in [2.24, 2.45) is 11.1 Å². The summed E-state index contributed by atoms with van der Waals surface area (Å²) in [5.41, 5.74) is 4.37. The van der Waals surface area contributed by atoms with E-state index in [0.29, 0.717) is 6.61 Å². The Morgan fingerprint density at radius 2 is 1.96 bits per heavy atom. The average molecular weight is 324 g/mol. The molecule has 1 aliphatic rings. The highest BCUT2D eigenvalue weighted by atomic mass is 16.6. The number of hydrogen-bond donors (Lipinski definition) is 1. The second-order valence-electron chi connectivity index (χ2n) is 7.51. The summed E-state index contributed by atoms with van der Waals surface area (Å²) >= 11 is 0. The highest BCUT2D eigenvalue weighted by Gasteiger charge is 2.58. The zero-order chi connectivity index (χ0) is 17.9. The maximum atomic E-state index is 12.8. The van der Waals surface area contributed by atoms with Crippen molar-refractivity contribution in [3.05, 3.63) is 24.3 Å². The van der Waals surface area contributed by atoms with Crippen LogP contribution in [0.5, 0.6) is 0 Å². The summed E-state index contributed by atoms with van der Waals surface area (Å²) in [4.78, 5) is 14.5. The minimum Gasteiger partial charge on any atom is -0.447 e. The van der Waals surface area contributed by atoms with Crippen molar-refractivity contribution in [3.63, 3.8) is 0 Å². The highest BCUT2D eigenvalue weighted by molar-refractivity contribution is 5.71. The number of ether oxygens (including phenoxy) is 2. The monoisotopic (exact) mass is 324 g/mol. The molecule has 0 saturated carbocycles. The Morgan fingerprint density at radius 3 is 2.43 bits per heavy atom. The predicted octanol–water partition coefficient (Wildman–Crippen LogP) is 3.46.